The van der Waals surface area contributed by atoms with E-state index in [-0.39, 0.29) is 11.9 Å². The second-order valence-electron chi connectivity index (χ2n) is 6.44. The van der Waals surface area contributed by atoms with Crippen LogP contribution in [-0.4, -0.2) is 31.3 Å². The first-order valence-corrected chi connectivity index (χ1v) is 10.1. The number of hydrogen-bond acceptors (Lipinski definition) is 4. The Morgan fingerprint density at radius 1 is 1.19 bits per heavy atom. The molecule has 1 aliphatic heterocycles. The van der Waals surface area contributed by atoms with E-state index in [4.69, 9.17) is 0 Å². The predicted molar refractivity (Wildman–Crippen MR) is 103 cm³/mol. The Morgan fingerprint density at radius 2 is 1.92 bits per heavy atom. The zero-order valence-electron chi connectivity index (χ0n) is 14.9. The van der Waals surface area contributed by atoms with E-state index >= 15 is 0 Å². The fourth-order valence-electron chi connectivity index (χ4n) is 3.15. The largest absolute Gasteiger partial charge is 0.284 e. The van der Waals surface area contributed by atoms with Crippen LogP contribution >= 0.6 is 0 Å². The fourth-order valence-corrected chi connectivity index (χ4v) is 3.71. The normalized spacial score (nSPS) is 17.1. The fraction of sp³-hybridized carbons (Fsp3) is 0.263. The number of hydrogen-bond donors (Lipinski definition) is 1. The molecule has 0 radical (unpaired) electrons. The van der Waals surface area contributed by atoms with Crippen LogP contribution in [-0.2, 0) is 14.8 Å². The molecule has 7 heteroatoms. The summed E-state index contributed by atoms with van der Waals surface area (Å²) in [6, 6.07) is 14.8. The summed E-state index contributed by atoms with van der Waals surface area (Å²) < 4.78 is 25.4. The summed E-state index contributed by atoms with van der Waals surface area (Å²) in [5.74, 6) is -0.126. The maximum atomic E-state index is 12.1. The SMILES string of the molecule is CC(=O)N1N=C(c2cccc(NS(C)(=O)=O)c2)C[C@H]1c1ccccc1C. The predicted octanol–water partition coefficient (Wildman–Crippen LogP) is 3.06. The number of carbonyl (C=O) groups is 1. The van der Waals surface area contributed by atoms with Gasteiger partial charge in [0.15, 0.2) is 0 Å². The number of aryl methyl sites for hydroxylation is 1. The first-order chi connectivity index (χ1) is 12.2. The van der Waals surface area contributed by atoms with Gasteiger partial charge in [0.1, 0.15) is 0 Å². The number of nitrogens with one attached hydrogen (secondary N) is 1. The molecule has 3 rings (SSSR count). The van der Waals surface area contributed by atoms with Crippen LogP contribution in [0.5, 0.6) is 0 Å². The molecule has 0 bridgehead atoms. The number of amides is 1. The van der Waals surface area contributed by atoms with E-state index in [0.29, 0.717) is 12.1 Å². The minimum atomic E-state index is -3.36. The van der Waals surface area contributed by atoms with Gasteiger partial charge in [0.2, 0.25) is 15.9 Å². The Bertz CT molecular complexity index is 983. The van der Waals surface area contributed by atoms with Crippen molar-refractivity contribution >= 4 is 27.3 Å². The van der Waals surface area contributed by atoms with Gasteiger partial charge in [-0.2, -0.15) is 5.10 Å². The molecule has 26 heavy (non-hydrogen) atoms. The first kappa shape index (κ1) is 18.1. The minimum Gasteiger partial charge on any atom is -0.284 e. The molecular weight excluding hydrogens is 350 g/mol. The van der Waals surface area contributed by atoms with Crippen molar-refractivity contribution in [2.45, 2.75) is 26.3 Å². The summed E-state index contributed by atoms with van der Waals surface area (Å²) in [5, 5.41) is 6.03. The molecule has 0 saturated heterocycles. The molecule has 1 atom stereocenters. The second-order valence-corrected chi connectivity index (χ2v) is 8.19. The van der Waals surface area contributed by atoms with Gasteiger partial charge in [0.25, 0.3) is 0 Å². The van der Waals surface area contributed by atoms with E-state index < -0.39 is 10.0 Å². The highest BCUT2D eigenvalue weighted by molar-refractivity contribution is 7.92. The lowest BCUT2D eigenvalue weighted by molar-refractivity contribution is -0.130. The van der Waals surface area contributed by atoms with Crippen molar-refractivity contribution < 1.29 is 13.2 Å². The summed E-state index contributed by atoms with van der Waals surface area (Å²) in [6.45, 7) is 3.52. The number of rotatable bonds is 4. The molecule has 0 aromatic heterocycles. The number of anilines is 1. The Morgan fingerprint density at radius 3 is 2.58 bits per heavy atom. The van der Waals surface area contributed by atoms with Crippen LogP contribution in [0.3, 0.4) is 0 Å². The van der Waals surface area contributed by atoms with E-state index in [1.165, 1.54) is 11.9 Å². The van der Waals surface area contributed by atoms with Crippen LogP contribution in [0.25, 0.3) is 0 Å². The second kappa shape index (κ2) is 6.92. The van der Waals surface area contributed by atoms with Gasteiger partial charge in [0, 0.05) is 19.0 Å². The smallest absolute Gasteiger partial charge is 0.240 e. The minimum absolute atomic E-state index is 0.126. The average Bonchev–Trinajstić information content (AvgIpc) is 2.99. The standard InChI is InChI=1S/C19H21N3O3S/c1-13-7-4-5-10-17(13)19-12-18(20-22(19)14(2)23)15-8-6-9-16(11-15)21-26(3,24)25/h4-11,19,21H,12H2,1-3H3/t19-/m0/s1. The highest BCUT2D eigenvalue weighted by Crippen LogP contribution is 2.34. The maximum absolute atomic E-state index is 12.1. The van der Waals surface area contributed by atoms with Crippen LogP contribution in [0.4, 0.5) is 5.69 Å². The third-order valence-corrected chi connectivity index (χ3v) is 4.89. The van der Waals surface area contributed by atoms with Crippen molar-refractivity contribution in [2.75, 3.05) is 11.0 Å². The van der Waals surface area contributed by atoms with Crippen molar-refractivity contribution in [3.63, 3.8) is 0 Å². The molecule has 6 nitrogen and oxygen atoms in total. The van der Waals surface area contributed by atoms with Crippen LogP contribution in [0.15, 0.2) is 53.6 Å². The van der Waals surface area contributed by atoms with Gasteiger partial charge in [-0.25, -0.2) is 13.4 Å². The van der Waals surface area contributed by atoms with Crippen molar-refractivity contribution in [2.24, 2.45) is 5.10 Å². The monoisotopic (exact) mass is 371 g/mol. The van der Waals surface area contributed by atoms with Gasteiger partial charge in [0.05, 0.1) is 18.0 Å². The van der Waals surface area contributed by atoms with E-state index in [1.807, 2.05) is 37.3 Å². The van der Waals surface area contributed by atoms with Crippen LogP contribution < -0.4 is 4.72 Å². The van der Waals surface area contributed by atoms with Gasteiger partial charge >= 0.3 is 0 Å². The summed E-state index contributed by atoms with van der Waals surface area (Å²) in [7, 11) is -3.36. The summed E-state index contributed by atoms with van der Waals surface area (Å²) >= 11 is 0. The van der Waals surface area contributed by atoms with Crippen molar-refractivity contribution in [3.8, 4) is 0 Å². The molecule has 2 aromatic carbocycles. The third-order valence-electron chi connectivity index (χ3n) is 4.28. The topological polar surface area (TPSA) is 78.8 Å². The molecule has 0 spiro atoms. The van der Waals surface area contributed by atoms with Gasteiger partial charge < -0.3 is 0 Å². The zero-order chi connectivity index (χ0) is 18.9. The number of benzene rings is 2. The Labute approximate surface area is 153 Å². The molecular formula is C19H21N3O3S. The van der Waals surface area contributed by atoms with E-state index in [9.17, 15) is 13.2 Å². The quantitative estimate of drug-likeness (QED) is 0.897. The first-order valence-electron chi connectivity index (χ1n) is 8.25. The number of carbonyl (C=O) groups excluding carboxylic acids is 1. The Balaban J connectivity index is 1.95. The Kier molecular flexibility index (Phi) is 4.82. The maximum Gasteiger partial charge on any atom is 0.240 e. The van der Waals surface area contributed by atoms with Crippen molar-refractivity contribution in [3.05, 3.63) is 65.2 Å². The highest BCUT2D eigenvalue weighted by atomic mass is 32.2. The summed E-state index contributed by atoms with van der Waals surface area (Å²) in [5.41, 5.74) is 4.19. The van der Waals surface area contributed by atoms with E-state index in [0.717, 1.165) is 28.7 Å². The lowest BCUT2D eigenvalue weighted by Gasteiger charge is -2.22. The molecule has 136 valence electrons. The molecule has 1 amide bonds. The molecule has 2 aromatic rings. The van der Waals surface area contributed by atoms with Crippen molar-refractivity contribution in [1.82, 2.24) is 5.01 Å². The number of sulfonamides is 1. The number of nitrogens with zero attached hydrogens (tertiary/aromatic N) is 2. The van der Waals surface area contributed by atoms with Gasteiger partial charge in [-0.1, -0.05) is 36.4 Å². The third kappa shape index (κ3) is 3.94. The lowest BCUT2D eigenvalue weighted by atomic mass is 9.95. The lowest BCUT2D eigenvalue weighted by Crippen LogP contribution is -2.24. The van der Waals surface area contributed by atoms with Gasteiger partial charge in [-0.15, -0.1) is 0 Å². The molecule has 0 unspecified atom stereocenters. The molecule has 0 fully saturated rings. The summed E-state index contributed by atoms with van der Waals surface area (Å²) in [6.07, 6.45) is 1.69. The Hall–Kier alpha value is -2.67. The van der Waals surface area contributed by atoms with Crippen LogP contribution in [0.2, 0.25) is 0 Å². The van der Waals surface area contributed by atoms with Gasteiger partial charge in [-0.05, 0) is 35.7 Å². The zero-order valence-corrected chi connectivity index (χ0v) is 15.7. The highest BCUT2D eigenvalue weighted by Gasteiger charge is 2.32. The average molecular weight is 371 g/mol. The van der Waals surface area contributed by atoms with Crippen molar-refractivity contribution in [1.29, 1.82) is 0 Å². The van der Waals surface area contributed by atoms with E-state index in [2.05, 4.69) is 9.82 Å². The molecule has 1 aliphatic rings. The number of hydrazone groups is 1. The van der Waals surface area contributed by atoms with E-state index in [1.54, 1.807) is 18.2 Å². The molecule has 0 aliphatic carbocycles. The van der Waals surface area contributed by atoms with Gasteiger partial charge in [-0.3, -0.25) is 9.52 Å². The van der Waals surface area contributed by atoms with Crippen LogP contribution in [0, 0.1) is 6.92 Å². The van der Waals surface area contributed by atoms with Crippen LogP contribution in [0.1, 0.15) is 36.1 Å². The summed E-state index contributed by atoms with van der Waals surface area (Å²) in [4.78, 5) is 12.1. The molecule has 1 N–H and O–H groups in total. The molecule has 1 heterocycles. The molecule has 0 saturated carbocycles.